The number of methoxy groups -OCH3 is 1. The van der Waals surface area contributed by atoms with E-state index in [1.54, 1.807) is 12.7 Å². The number of carbonyl (C=O) groups excluding carboxylic acids is 1. The van der Waals surface area contributed by atoms with Gasteiger partial charge < -0.3 is 4.74 Å². The summed E-state index contributed by atoms with van der Waals surface area (Å²) in [4.78, 5) is 11.6. The van der Waals surface area contributed by atoms with Crippen LogP contribution < -0.4 is 0 Å². The zero-order valence-corrected chi connectivity index (χ0v) is 14.9. The van der Waals surface area contributed by atoms with E-state index in [0.29, 0.717) is 5.41 Å². The van der Waals surface area contributed by atoms with Gasteiger partial charge in [-0.15, -0.1) is 0 Å². The van der Waals surface area contributed by atoms with Gasteiger partial charge in [0.2, 0.25) is 0 Å². The first kappa shape index (κ1) is 15.5. The minimum absolute atomic E-state index is 0.186. The first-order chi connectivity index (χ1) is 11.0. The molecule has 4 aliphatic carbocycles. The van der Waals surface area contributed by atoms with Crippen LogP contribution in [0.4, 0.5) is 0 Å². The van der Waals surface area contributed by atoms with Crippen molar-refractivity contribution in [1.29, 1.82) is 0 Å². The van der Waals surface area contributed by atoms with Gasteiger partial charge in [0.05, 0.1) is 7.11 Å². The third kappa shape index (κ3) is 2.09. The van der Waals surface area contributed by atoms with E-state index < -0.39 is 0 Å². The molecule has 5 atom stereocenters. The molecule has 2 nitrogen and oxygen atoms in total. The van der Waals surface area contributed by atoms with Crippen LogP contribution in [0.25, 0.3) is 0 Å². The number of aldehydes is 1. The first-order valence-electron chi connectivity index (χ1n) is 9.45. The summed E-state index contributed by atoms with van der Waals surface area (Å²) >= 11 is 0. The Morgan fingerprint density at radius 2 is 2.00 bits per heavy atom. The summed E-state index contributed by atoms with van der Waals surface area (Å²) < 4.78 is 5.48. The lowest BCUT2D eigenvalue weighted by atomic mass is 9.47. The Hall–Kier alpha value is -1.05. The maximum absolute atomic E-state index is 11.6. The van der Waals surface area contributed by atoms with Gasteiger partial charge in [-0.3, -0.25) is 4.79 Å². The zero-order valence-electron chi connectivity index (χ0n) is 14.9. The molecule has 3 fully saturated rings. The number of rotatable bonds is 2. The summed E-state index contributed by atoms with van der Waals surface area (Å²) in [5.74, 6) is 3.36. The number of ether oxygens (including phenoxy) is 1. The lowest BCUT2D eigenvalue weighted by molar-refractivity contribution is -0.105. The lowest BCUT2D eigenvalue weighted by Crippen LogP contribution is -2.49. The van der Waals surface area contributed by atoms with Crippen molar-refractivity contribution in [3.05, 3.63) is 23.0 Å². The third-order valence-corrected chi connectivity index (χ3v) is 8.06. The van der Waals surface area contributed by atoms with Gasteiger partial charge in [0.1, 0.15) is 12.0 Å². The molecule has 0 heterocycles. The molecule has 0 aromatic heterocycles. The molecule has 0 bridgehead atoms. The number of carbonyl (C=O) groups is 1. The molecule has 4 rings (SSSR count). The summed E-state index contributed by atoms with van der Waals surface area (Å²) in [6.45, 7) is 4.98. The first-order valence-corrected chi connectivity index (χ1v) is 9.45. The standard InChI is InChI=1S/C21H30O2/c1-20-9-4-5-17(20)16-7-6-15-11-19(23-3)14(13-22)12-21(15,2)18(16)8-10-20/h11,13,16-18H,4-10,12H2,1-3H3/t16-,17-,18-,20-,21-/m0/s1. The Morgan fingerprint density at radius 1 is 1.17 bits per heavy atom. The highest BCUT2D eigenvalue weighted by Gasteiger charge is 2.56. The van der Waals surface area contributed by atoms with E-state index in [2.05, 4.69) is 19.9 Å². The molecule has 0 aliphatic heterocycles. The summed E-state index contributed by atoms with van der Waals surface area (Å²) in [6.07, 6.45) is 13.7. The minimum atomic E-state index is 0.186. The monoisotopic (exact) mass is 314 g/mol. The van der Waals surface area contributed by atoms with Gasteiger partial charge in [-0.25, -0.2) is 0 Å². The largest absolute Gasteiger partial charge is 0.496 e. The van der Waals surface area contributed by atoms with E-state index in [1.807, 2.05) is 0 Å². The molecule has 0 saturated heterocycles. The van der Waals surface area contributed by atoms with E-state index in [4.69, 9.17) is 4.74 Å². The number of hydrogen-bond donors (Lipinski definition) is 0. The number of allylic oxidation sites excluding steroid dienone is 3. The number of fused-ring (bicyclic) bond motifs is 5. The van der Waals surface area contributed by atoms with Crippen molar-refractivity contribution in [3.63, 3.8) is 0 Å². The summed E-state index contributed by atoms with van der Waals surface area (Å²) in [5, 5.41) is 0. The average Bonchev–Trinajstić information content (AvgIpc) is 2.95. The fourth-order valence-electron chi connectivity index (χ4n) is 6.83. The third-order valence-electron chi connectivity index (χ3n) is 8.06. The van der Waals surface area contributed by atoms with E-state index in [0.717, 1.165) is 41.8 Å². The topological polar surface area (TPSA) is 26.3 Å². The van der Waals surface area contributed by atoms with E-state index in [-0.39, 0.29) is 5.41 Å². The summed E-state index contributed by atoms with van der Waals surface area (Å²) in [7, 11) is 1.69. The molecule has 0 aromatic carbocycles. The van der Waals surface area contributed by atoms with Gasteiger partial charge in [0.25, 0.3) is 0 Å². The Labute approximate surface area is 140 Å². The molecule has 2 heteroatoms. The lowest BCUT2D eigenvalue weighted by Gasteiger charge is -2.57. The van der Waals surface area contributed by atoms with Gasteiger partial charge in [-0.05, 0) is 79.6 Å². The molecule has 3 saturated carbocycles. The quantitative estimate of drug-likeness (QED) is 0.667. The van der Waals surface area contributed by atoms with Crippen LogP contribution in [0.2, 0.25) is 0 Å². The zero-order chi connectivity index (χ0) is 16.2. The van der Waals surface area contributed by atoms with Crippen molar-refractivity contribution < 1.29 is 9.53 Å². The SMILES string of the molecule is COC1=C(C=O)C[C@@]2(C)C(=C1)CC[C@H]1[C@@H]3CCC[C@@]3(C)CC[C@@H]12. The fourth-order valence-corrected chi connectivity index (χ4v) is 6.83. The van der Waals surface area contributed by atoms with Crippen molar-refractivity contribution >= 4 is 6.29 Å². The predicted molar refractivity (Wildman–Crippen MR) is 91.8 cm³/mol. The van der Waals surface area contributed by atoms with Gasteiger partial charge in [-0.1, -0.05) is 25.8 Å². The van der Waals surface area contributed by atoms with Crippen LogP contribution in [0, 0.1) is 28.6 Å². The second kappa shape index (κ2) is 5.22. The van der Waals surface area contributed by atoms with Crippen LogP contribution in [0.3, 0.4) is 0 Å². The van der Waals surface area contributed by atoms with Gasteiger partial charge >= 0.3 is 0 Å². The van der Waals surface area contributed by atoms with Crippen LogP contribution in [0.5, 0.6) is 0 Å². The molecule has 0 unspecified atom stereocenters. The number of hydrogen-bond acceptors (Lipinski definition) is 2. The molecule has 23 heavy (non-hydrogen) atoms. The maximum Gasteiger partial charge on any atom is 0.149 e. The van der Waals surface area contributed by atoms with Crippen LogP contribution in [0.15, 0.2) is 23.0 Å². The summed E-state index contributed by atoms with van der Waals surface area (Å²) in [5.41, 5.74) is 3.21. The smallest absolute Gasteiger partial charge is 0.149 e. The van der Waals surface area contributed by atoms with Crippen LogP contribution in [0.1, 0.15) is 65.2 Å². The normalized spacial score (nSPS) is 45.7. The van der Waals surface area contributed by atoms with Crippen LogP contribution in [-0.2, 0) is 9.53 Å². The highest BCUT2D eigenvalue weighted by molar-refractivity contribution is 5.76. The van der Waals surface area contributed by atoms with Crippen molar-refractivity contribution in [2.24, 2.45) is 28.6 Å². The van der Waals surface area contributed by atoms with E-state index in [9.17, 15) is 4.79 Å². The Kier molecular flexibility index (Phi) is 3.52. The maximum atomic E-state index is 11.6. The van der Waals surface area contributed by atoms with Crippen molar-refractivity contribution in [2.45, 2.75) is 65.2 Å². The Morgan fingerprint density at radius 3 is 2.74 bits per heavy atom. The molecule has 0 amide bonds. The molecular formula is C21H30O2. The van der Waals surface area contributed by atoms with Gasteiger partial charge in [0.15, 0.2) is 0 Å². The molecule has 0 spiro atoms. The average molecular weight is 314 g/mol. The molecule has 4 aliphatic rings. The van der Waals surface area contributed by atoms with Gasteiger partial charge in [-0.2, -0.15) is 0 Å². The Bertz CT molecular complexity index is 587. The van der Waals surface area contributed by atoms with E-state index in [1.165, 1.54) is 44.9 Å². The fraction of sp³-hybridized carbons (Fsp3) is 0.762. The highest BCUT2D eigenvalue weighted by Crippen LogP contribution is 2.65. The molecule has 0 radical (unpaired) electrons. The van der Waals surface area contributed by atoms with Crippen molar-refractivity contribution in [2.75, 3.05) is 7.11 Å². The molecule has 0 N–H and O–H groups in total. The van der Waals surface area contributed by atoms with E-state index >= 15 is 0 Å². The molecule has 0 aromatic rings. The van der Waals surface area contributed by atoms with Crippen molar-refractivity contribution in [3.8, 4) is 0 Å². The van der Waals surface area contributed by atoms with Crippen LogP contribution >= 0.6 is 0 Å². The Balaban J connectivity index is 1.70. The molecule has 126 valence electrons. The predicted octanol–water partition coefficient (Wildman–Crippen LogP) is 5.05. The second-order valence-electron chi connectivity index (χ2n) is 8.98. The second-order valence-corrected chi connectivity index (χ2v) is 8.98. The van der Waals surface area contributed by atoms with Crippen LogP contribution in [-0.4, -0.2) is 13.4 Å². The minimum Gasteiger partial charge on any atom is -0.496 e. The van der Waals surface area contributed by atoms with Gasteiger partial charge in [0, 0.05) is 5.57 Å². The summed E-state index contributed by atoms with van der Waals surface area (Å²) in [6, 6.07) is 0. The van der Waals surface area contributed by atoms with Crippen molar-refractivity contribution in [1.82, 2.24) is 0 Å². The highest BCUT2D eigenvalue weighted by atomic mass is 16.5. The molecular weight excluding hydrogens is 284 g/mol.